The van der Waals surface area contributed by atoms with Crippen molar-refractivity contribution in [3.8, 4) is 0 Å². The zero-order chi connectivity index (χ0) is 22.2. The number of ether oxygens (including phenoxy) is 3. The van der Waals surface area contributed by atoms with Gasteiger partial charge in [-0.15, -0.1) is 0 Å². The van der Waals surface area contributed by atoms with Crippen LogP contribution in [0.25, 0.3) is 0 Å². The van der Waals surface area contributed by atoms with E-state index in [1.54, 1.807) is 0 Å². The minimum absolute atomic E-state index is 0.355. The summed E-state index contributed by atoms with van der Waals surface area (Å²) >= 11 is 0. The summed E-state index contributed by atoms with van der Waals surface area (Å²) in [5, 5.41) is 10.8. The summed E-state index contributed by atoms with van der Waals surface area (Å²) in [6.45, 7) is 1.20. The highest BCUT2D eigenvalue weighted by molar-refractivity contribution is 5.16. The van der Waals surface area contributed by atoms with Crippen molar-refractivity contribution in [2.45, 2.75) is 56.7 Å². The smallest absolute Gasteiger partial charge is 0.114 e. The van der Waals surface area contributed by atoms with Crippen LogP contribution in [0, 0.1) is 0 Å². The number of aliphatic hydroxyl groups excluding tert-OH is 1. The third-order valence-electron chi connectivity index (χ3n) is 5.82. The Morgan fingerprint density at radius 3 is 1.41 bits per heavy atom. The third-order valence-corrected chi connectivity index (χ3v) is 5.82. The van der Waals surface area contributed by atoms with Crippen LogP contribution in [-0.2, 0) is 34.0 Å². The van der Waals surface area contributed by atoms with Crippen molar-refractivity contribution < 1.29 is 19.3 Å². The van der Waals surface area contributed by atoms with E-state index in [4.69, 9.17) is 19.9 Å². The Balaban J connectivity index is 1.50. The lowest BCUT2D eigenvalue weighted by Gasteiger charge is -2.43. The van der Waals surface area contributed by atoms with Crippen LogP contribution >= 0.6 is 0 Å². The van der Waals surface area contributed by atoms with Crippen molar-refractivity contribution in [2.75, 3.05) is 0 Å². The summed E-state index contributed by atoms with van der Waals surface area (Å²) in [6.07, 6.45) is -1.78. The molecule has 0 bridgehead atoms. The molecule has 3 aromatic carbocycles. The van der Waals surface area contributed by atoms with E-state index in [0.717, 1.165) is 16.7 Å². The van der Waals surface area contributed by atoms with Gasteiger partial charge in [0.1, 0.15) is 18.3 Å². The van der Waals surface area contributed by atoms with Crippen molar-refractivity contribution in [3.05, 3.63) is 108 Å². The Hall–Kier alpha value is -2.54. The average Bonchev–Trinajstić information content (AvgIpc) is 2.83. The lowest BCUT2D eigenvalue weighted by Crippen LogP contribution is -2.61. The van der Waals surface area contributed by atoms with Gasteiger partial charge in [0, 0.05) is 6.04 Å². The van der Waals surface area contributed by atoms with Crippen LogP contribution in [0.3, 0.4) is 0 Å². The first-order valence-electron chi connectivity index (χ1n) is 11.1. The van der Waals surface area contributed by atoms with E-state index < -0.39 is 24.4 Å². The van der Waals surface area contributed by atoms with Gasteiger partial charge in [0.25, 0.3) is 0 Å². The molecular formula is C27H31NO4. The largest absolute Gasteiger partial charge is 0.390 e. The first-order valence-corrected chi connectivity index (χ1v) is 11.1. The topological polar surface area (TPSA) is 73.9 Å². The normalized spacial score (nSPS) is 25.5. The second kappa shape index (κ2) is 11.4. The van der Waals surface area contributed by atoms with Crippen molar-refractivity contribution in [1.82, 2.24) is 0 Å². The van der Waals surface area contributed by atoms with Crippen LogP contribution in [0.2, 0.25) is 0 Å². The van der Waals surface area contributed by atoms with Crippen LogP contribution in [0.4, 0.5) is 0 Å². The molecule has 5 atom stereocenters. The highest BCUT2D eigenvalue weighted by atomic mass is 16.6. The minimum atomic E-state index is -0.730. The molecule has 0 radical (unpaired) electrons. The maximum absolute atomic E-state index is 10.8. The molecule has 0 spiro atoms. The van der Waals surface area contributed by atoms with E-state index in [1.165, 1.54) is 0 Å². The average molecular weight is 434 g/mol. The van der Waals surface area contributed by atoms with E-state index in [2.05, 4.69) is 0 Å². The first-order chi connectivity index (χ1) is 15.7. The Morgan fingerprint density at radius 2 is 0.969 bits per heavy atom. The number of aliphatic hydroxyl groups is 1. The summed E-state index contributed by atoms with van der Waals surface area (Å²) in [6, 6.07) is 29.5. The van der Waals surface area contributed by atoms with E-state index >= 15 is 0 Å². The molecule has 1 saturated carbocycles. The molecular weight excluding hydrogens is 402 g/mol. The molecule has 0 aliphatic heterocycles. The Labute approximate surface area is 189 Å². The van der Waals surface area contributed by atoms with Gasteiger partial charge in [0.15, 0.2) is 0 Å². The van der Waals surface area contributed by atoms with Crippen LogP contribution in [0.1, 0.15) is 23.1 Å². The molecule has 5 nitrogen and oxygen atoms in total. The predicted octanol–water partition coefficient (Wildman–Crippen LogP) is 3.83. The van der Waals surface area contributed by atoms with Crippen molar-refractivity contribution in [1.29, 1.82) is 0 Å². The maximum Gasteiger partial charge on any atom is 0.114 e. The van der Waals surface area contributed by atoms with E-state index in [9.17, 15) is 5.11 Å². The van der Waals surface area contributed by atoms with Gasteiger partial charge in [0.05, 0.1) is 25.9 Å². The van der Waals surface area contributed by atoms with Gasteiger partial charge in [-0.2, -0.15) is 0 Å². The maximum atomic E-state index is 10.8. The number of benzene rings is 3. The Morgan fingerprint density at radius 1 is 0.594 bits per heavy atom. The minimum Gasteiger partial charge on any atom is -0.390 e. The second-order valence-corrected chi connectivity index (χ2v) is 8.25. The molecule has 0 unspecified atom stereocenters. The Bertz CT molecular complexity index is 867. The van der Waals surface area contributed by atoms with E-state index in [-0.39, 0.29) is 6.04 Å². The fourth-order valence-electron chi connectivity index (χ4n) is 4.11. The second-order valence-electron chi connectivity index (χ2n) is 8.25. The number of hydrogen-bond acceptors (Lipinski definition) is 5. The molecule has 1 aliphatic rings. The highest BCUT2D eigenvalue weighted by Gasteiger charge is 2.45. The lowest BCUT2D eigenvalue weighted by molar-refractivity contribution is -0.206. The predicted molar refractivity (Wildman–Crippen MR) is 124 cm³/mol. The number of hydrogen-bond donors (Lipinski definition) is 2. The summed E-state index contributed by atoms with van der Waals surface area (Å²) in [5.74, 6) is 0. The highest BCUT2D eigenvalue weighted by Crippen LogP contribution is 2.29. The summed E-state index contributed by atoms with van der Waals surface area (Å²) < 4.78 is 18.8. The van der Waals surface area contributed by atoms with Gasteiger partial charge >= 0.3 is 0 Å². The molecule has 0 amide bonds. The van der Waals surface area contributed by atoms with Crippen LogP contribution < -0.4 is 5.73 Å². The van der Waals surface area contributed by atoms with Crippen molar-refractivity contribution in [3.63, 3.8) is 0 Å². The van der Waals surface area contributed by atoms with Gasteiger partial charge in [-0.3, -0.25) is 0 Å². The van der Waals surface area contributed by atoms with Gasteiger partial charge in [-0.25, -0.2) is 0 Å². The third kappa shape index (κ3) is 6.03. The molecule has 0 saturated heterocycles. The molecule has 5 heteroatoms. The summed E-state index contributed by atoms with van der Waals surface area (Å²) in [5.41, 5.74) is 9.59. The van der Waals surface area contributed by atoms with E-state index in [0.29, 0.717) is 26.2 Å². The molecule has 1 fully saturated rings. The number of nitrogens with two attached hydrogens (primary N) is 1. The molecule has 3 N–H and O–H groups in total. The molecule has 32 heavy (non-hydrogen) atoms. The summed E-state index contributed by atoms with van der Waals surface area (Å²) in [7, 11) is 0. The fraction of sp³-hybridized carbons (Fsp3) is 0.333. The van der Waals surface area contributed by atoms with Crippen LogP contribution in [-0.4, -0.2) is 35.6 Å². The summed E-state index contributed by atoms with van der Waals surface area (Å²) in [4.78, 5) is 0. The molecule has 0 heterocycles. The number of rotatable bonds is 9. The standard InChI is InChI=1S/C27H31NO4/c28-23-16-24(29)26(31-18-21-12-6-2-7-13-21)27(32-19-22-14-8-3-9-15-22)25(23)30-17-20-10-4-1-5-11-20/h1-15,23-27,29H,16-19,28H2/t23-,24+,25-,26+,27+/m1/s1. The van der Waals surface area contributed by atoms with Gasteiger partial charge in [-0.05, 0) is 23.1 Å². The Kier molecular flexibility index (Phi) is 8.04. The van der Waals surface area contributed by atoms with Crippen molar-refractivity contribution in [2.24, 2.45) is 5.73 Å². The van der Waals surface area contributed by atoms with E-state index in [1.807, 2.05) is 91.0 Å². The molecule has 168 valence electrons. The SMILES string of the molecule is N[C@@H]1C[C@H](O)[C@H](OCc2ccccc2)[C@@H](OCc2ccccc2)[C@@H]1OCc1ccccc1. The first kappa shape index (κ1) is 22.6. The van der Waals surface area contributed by atoms with Crippen LogP contribution in [0.5, 0.6) is 0 Å². The van der Waals surface area contributed by atoms with Gasteiger partial charge in [0.2, 0.25) is 0 Å². The molecule has 0 aromatic heterocycles. The lowest BCUT2D eigenvalue weighted by atomic mass is 9.85. The molecule has 4 rings (SSSR count). The molecule has 3 aromatic rings. The fourth-order valence-corrected chi connectivity index (χ4v) is 4.11. The monoisotopic (exact) mass is 433 g/mol. The zero-order valence-electron chi connectivity index (χ0n) is 18.1. The van der Waals surface area contributed by atoms with Gasteiger partial charge < -0.3 is 25.1 Å². The van der Waals surface area contributed by atoms with Crippen molar-refractivity contribution >= 4 is 0 Å². The quantitative estimate of drug-likeness (QED) is 0.536. The zero-order valence-corrected chi connectivity index (χ0v) is 18.1. The van der Waals surface area contributed by atoms with Gasteiger partial charge in [-0.1, -0.05) is 91.0 Å². The van der Waals surface area contributed by atoms with Crippen LogP contribution in [0.15, 0.2) is 91.0 Å². The molecule has 1 aliphatic carbocycles.